The maximum atomic E-state index is 14.4. The molecule has 296 valence electrons. The van der Waals surface area contributed by atoms with E-state index in [1.807, 2.05) is 66.7 Å². The van der Waals surface area contributed by atoms with Gasteiger partial charge in [-0.3, -0.25) is 9.69 Å². The van der Waals surface area contributed by atoms with Gasteiger partial charge >= 0.3 is 0 Å². The van der Waals surface area contributed by atoms with Crippen molar-refractivity contribution in [3.05, 3.63) is 118 Å². The molecule has 0 unspecified atom stereocenters. The second-order valence-corrected chi connectivity index (χ2v) is 18.7. The standard InChI is InChI=1S/C49H65NO5/c1-34-12-11-24-48(4)44(42-22-18-36(26-40(51)21-17-34)27-43(42)46(53)37-15-9-6-10-16-37)23-25-49(48,54)33-50(29-38-19-20-39-28-45(38)47(39,2)3)30-41(52)32-55-31-35-13-7-5-8-14-35/h5-10,12-16,18,22,27,38-41,44-45,51-52,54H,11,17,19-21,23-26,28-33H2,1-4H3/t38-,39-,40-,41+,44-,45-,48-,49+/m0/s1. The molecule has 8 atom stereocenters. The van der Waals surface area contributed by atoms with Crippen LogP contribution in [0.15, 0.2) is 90.5 Å². The molecule has 4 saturated carbocycles. The van der Waals surface area contributed by atoms with Crippen LogP contribution in [0.5, 0.6) is 0 Å². The molecule has 0 heterocycles. The smallest absolute Gasteiger partial charge is 0.193 e. The number of aliphatic hydroxyl groups excluding tert-OH is 2. The predicted octanol–water partition coefficient (Wildman–Crippen LogP) is 8.91. The van der Waals surface area contributed by atoms with E-state index in [4.69, 9.17) is 4.74 Å². The van der Waals surface area contributed by atoms with Gasteiger partial charge in [0.05, 0.1) is 31.0 Å². The zero-order valence-corrected chi connectivity index (χ0v) is 33.8. The lowest BCUT2D eigenvalue weighted by molar-refractivity contribution is -0.127. The van der Waals surface area contributed by atoms with Crippen LogP contribution < -0.4 is 0 Å². The second kappa shape index (κ2) is 16.8. The van der Waals surface area contributed by atoms with Crippen LogP contribution in [0.1, 0.15) is 124 Å². The first-order valence-corrected chi connectivity index (χ1v) is 21.2. The molecular weight excluding hydrogens is 683 g/mol. The third-order valence-electron chi connectivity index (χ3n) is 14.8. The first-order chi connectivity index (χ1) is 26.4. The van der Waals surface area contributed by atoms with Crippen molar-refractivity contribution < 1.29 is 24.9 Å². The van der Waals surface area contributed by atoms with E-state index in [1.165, 1.54) is 24.8 Å². The fourth-order valence-electron chi connectivity index (χ4n) is 11.3. The van der Waals surface area contributed by atoms with Crippen LogP contribution in [-0.2, 0) is 17.8 Å². The van der Waals surface area contributed by atoms with E-state index in [0.717, 1.165) is 54.8 Å². The maximum Gasteiger partial charge on any atom is 0.193 e. The molecule has 0 amide bonds. The number of benzene rings is 3. The molecule has 9 rings (SSSR count). The molecule has 4 fully saturated rings. The highest BCUT2D eigenvalue weighted by Gasteiger charge is 2.58. The number of rotatable bonds is 12. The summed E-state index contributed by atoms with van der Waals surface area (Å²) in [5.41, 5.74) is 4.41. The number of fused-ring (bicyclic) bond motifs is 10. The molecule has 55 heavy (non-hydrogen) atoms. The molecule has 6 aliphatic rings. The quantitative estimate of drug-likeness (QED) is 0.127. The summed E-state index contributed by atoms with van der Waals surface area (Å²) in [7, 11) is 0. The molecule has 6 nitrogen and oxygen atoms in total. The van der Waals surface area contributed by atoms with Gasteiger partial charge in [0.1, 0.15) is 0 Å². The third-order valence-corrected chi connectivity index (χ3v) is 14.8. The molecule has 3 aromatic rings. The van der Waals surface area contributed by atoms with E-state index >= 15 is 0 Å². The Kier molecular flexibility index (Phi) is 12.2. The Morgan fingerprint density at radius 3 is 2.42 bits per heavy atom. The van der Waals surface area contributed by atoms with Crippen molar-refractivity contribution in [2.45, 2.75) is 122 Å². The minimum absolute atomic E-state index is 0.00784. The molecule has 6 aliphatic carbocycles. The molecule has 0 saturated heterocycles. The van der Waals surface area contributed by atoms with Crippen LogP contribution in [0.3, 0.4) is 0 Å². The van der Waals surface area contributed by atoms with E-state index in [2.05, 4.69) is 50.8 Å². The Bertz CT molecular complexity index is 1790. The summed E-state index contributed by atoms with van der Waals surface area (Å²) in [5.74, 6) is 1.94. The predicted molar refractivity (Wildman–Crippen MR) is 220 cm³/mol. The van der Waals surface area contributed by atoms with Gasteiger partial charge in [-0.05, 0) is 123 Å². The van der Waals surface area contributed by atoms with Gasteiger partial charge in [0.2, 0.25) is 0 Å². The third kappa shape index (κ3) is 8.60. The summed E-state index contributed by atoms with van der Waals surface area (Å²) >= 11 is 0. The topological polar surface area (TPSA) is 90.2 Å². The van der Waals surface area contributed by atoms with Crippen molar-refractivity contribution in [1.29, 1.82) is 0 Å². The summed E-state index contributed by atoms with van der Waals surface area (Å²) in [6.45, 7) is 11.8. The zero-order chi connectivity index (χ0) is 38.8. The van der Waals surface area contributed by atoms with Crippen LogP contribution >= 0.6 is 0 Å². The summed E-state index contributed by atoms with van der Waals surface area (Å²) in [6, 6.07) is 25.9. The van der Waals surface area contributed by atoms with Crippen LogP contribution in [0.4, 0.5) is 0 Å². The van der Waals surface area contributed by atoms with Gasteiger partial charge in [-0.2, -0.15) is 0 Å². The Hall–Kier alpha value is -3.13. The number of ether oxygens (including phenoxy) is 1. The van der Waals surface area contributed by atoms with Gasteiger partial charge in [0.25, 0.3) is 0 Å². The molecule has 3 aromatic carbocycles. The minimum atomic E-state index is -1.05. The minimum Gasteiger partial charge on any atom is -0.393 e. The first kappa shape index (κ1) is 40.1. The van der Waals surface area contributed by atoms with Crippen LogP contribution in [0.25, 0.3) is 0 Å². The lowest BCUT2D eigenvalue weighted by Gasteiger charge is -2.61. The average Bonchev–Trinajstić information content (AvgIpc) is 3.42. The number of aliphatic hydroxyl groups is 3. The van der Waals surface area contributed by atoms with Crippen molar-refractivity contribution in [3.8, 4) is 0 Å². The van der Waals surface area contributed by atoms with Gasteiger partial charge in [0, 0.05) is 36.2 Å². The van der Waals surface area contributed by atoms with Crippen LogP contribution in [-0.4, -0.2) is 70.1 Å². The molecule has 0 spiro atoms. The first-order valence-electron chi connectivity index (χ1n) is 21.2. The lowest BCUT2D eigenvalue weighted by atomic mass is 9.45. The maximum absolute atomic E-state index is 14.4. The van der Waals surface area contributed by atoms with E-state index in [-0.39, 0.29) is 18.3 Å². The number of nitrogens with zero attached hydrogens (tertiary/aromatic N) is 1. The Morgan fingerprint density at radius 1 is 0.945 bits per heavy atom. The largest absolute Gasteiger partial charge is 0.393 e. The molecule has 0 aliphatic heterocycles. The van der Waals surface area contributed by atoms with E-state index in [9.17, 15) is 20.1 Å². The van der Waals surface area contributed by atoms with E-state index in [0.29, 0.717) is 67.3 Å². The van der Waals surface area contributed by atoms with Gasteiger partial charge in [-0.25, -0.2) is 0 Å². The van der Waals surface area contributed by atoms with E-state index < -0.39 is 23.2 Å². The van der Waals surface area contributed by atoms with E-state index in [1.54, 1.807) is 0 Å². The number of hydrogen-bond acceptors (Lipinski definition) is 6. The second-order valence-electron chi connectivity index (χ2n) is 18.7. The normalized spacial score (nSPS) is 30.9. The highest BCUT2D eigenvalue weighted by atomic mass is 16.5. The SMILES string of the molecule is CC1=CCC[C@@]2(C)[C@@H](CC[C@@]2(O)CN(C[C@@H](O)COCc2ccccc2)C[C@@H]2CC[C@H]3C[C@@H]2C3(C)C)c2ccc(cc2C(=O)c2ccccc2)C[C@@H](O)CC1. The highest BCUT2D eigenvalue weighted by Crippen LogP contribution is 2.62. The molecular formula is C49H65NO5. The zero-order valence-electron chi connectivity index (χ0n) is 33.8. The summed E-state index contributed by atoms with van der Waals surface area (Å²) in [5, 5.41) is 35.8. The molecule has 4 bridgehead atoms. The summed E-state index contributed by atoms with van der Waals surface area (Å²) in [6.07, 6.45) is 9.84. The van der Waals surface area contributed by atoms with Crippen molar-refractivity contribution in [2.75, 3.05) is 26.2 Å². The lowest BCUT2D eigenvalue weighted by Crippen LogP contribution is -2.58. The average molecular weight is 748 g/mol. The molecule has 0 radical (unpaired) electrons. The van der Waals surface area contributed by atoms with Gasteiger partial charge in [0.15, 0.2) is 5.78 Å². The number of ketones is 1. The van der Waals surface area contributed by atoms with Gasteiger partial charge < -0.3 is 20.1 Å². The van der Waals surface area contributed by atoms with Gasteiger partial charge in [-0.1, -0.05) is 105 Å². The van der Waals surface area contributed by atoms with Crippen molar-refractivity contribution in [1.82, 2.24) is 4.90 Å². The van der Waals surface area contributed by atoms with Crippen LogP contribution in [0, 0.1) is 28.6 Å². The summed E-state index contributed by atoms with van der Waals surface area (Å²) in [4.78, 5) is 16.8. The molecule has 6 heteroatoms. The number of allylic oxidation sites excluding steroid dienone is 2. The summed E-state index contributed by atoms with van der Waals surface area (Å²) < 4.78 is 6.04. The Labute approximate surface area is 330 Å². The fourth-order valence-corrected chi connectivity index (χ4v) is 11.3. The number of carbonyl (C=O) groups excluding carboxylic acids is 1. The monoisotopic (exact) mass is 747 g/mol. The Balaban J connectivity index is 1.20. The fraction of sp³-hybridized carbons (Fsp3) is 0.571. The number of carbonyl (C=O) groups is 1. The Morgan fingerprint density at radius 2 is 1.69 bits per heavy atom. The van der Waals surface area contributed by atoms with Crippen molar-refractivity contribution in [3.63, 3.8) is 0 Å². The highest BCUT2D eigenvalue weighted by molar-refractivity contribution is 6.10. The van der Waals surface area contributed by atoms with Crippen molar-refractivity contribution >= 4 is 5.78 Å². The molecule has 0 aromatic heterocycles. The van der Waals surface area contributed by atoms with Crippen LogP contribution in [0.2, 0.25) is 0 Å². The number of hydrogen-bond donors (Lipinski definition) is 3. The van der Waals surface area contributed by atoms with Crippen molar-refractivity contribution in [2.24, 2.45) is 28.6 Å². The van der Waals surface area contributed by atoms with Gasteiger partial charge in [-0.15, -0.1) is 0 Å². The molecule has 3 N–H and O–H groups in total.